The molecule has 1 atom stereocenters. The van der Waals surface area contributed by atoms with Crippen LogP contribution in [0.1, 0.15) is 25.5 Å². The molecule has 0 saturated carbocycles. The molecule has 2 heteroatoms. The zero-order valence-electron chi connectivity index (χ0n) is 10.7. The highest BCUT2D eigenvalue weighted by Crippen LogP contribution is 2.24. The fourth-order valence-corrected chi connectivity index (χ4v) is 2.03. The first-order valence-electron chi connectivity index (χ1n) is 6.03. The zero-order chi connectivity index (χ0) is 13.1. The summed E-state index contributed by atoms with van der Waals surface area (Å²) in [6, 6.07) is 14.3. The molecule has 2 nitrogen and oxygen atoms in total. The third-order valence-electron chi connectivity index (χ3n) is 3.03. The van der Waals surface area contributed by atoms with Gasteiger partial charge in [0.1, 0.15) is 0 Å². The van der Waals surface area contributed by atoms with Gasteiger partial charge in [0.2, 0.25) is 5.91 Å². The van der Waals surface area contributed by atoms with Crippen molar-refractivity contribution in [1.82, 2.24) is 5.32 Å². The van der Waals surface area contributed by atoms with Crippen molar-refractivity contribution < 1.29 is 4.79 Å². The third kappa shape index (κ3) is 2.43. The summed E-state index contributed by atoms with van der Waals surface area (Å²) in [5.74, 6) is -0.101. The fraction of sp³-hybridized carbons (Fsp3) is 0.188. The number of hydrogen-bond donors (Lipinski definition) is 1. The molecular weight excluding hydrogens is 222 g/mol. The number of rotatable bonds is 3. The van der Waals surface area contributed by atoms with Crippen LogP contribution in [-0.4, -0.2) is 5.91 Å². The minimum absolute atomic E-state index is 0.0275. The maximum absolute atomic E-state index is 11.7. The van der Waals surface area contributed by atoms with Crippen LogP contribution in [-0.2, 0) is 4.79 Å². The Balaban J connectivity index is 2.36. The summed E-state index contributed by atoms with van der Waals surface area (Å²) >= 11 is 0. The molecule has 0 aliphatic heterocycles. The Kier molecular flexibility index (Phi) is 3.47. The molecule has 1 N–H and O–H groups in total. The maximum Gasteiger partial charge on any atom is 0.246 e. The van der Waals surface area contributed by atoms with Crippen LogP contribution in [0.5, 0.6) is 0 Å². The molecule has 0 bridgehead atoms. The maximum atomic E-state index is 11.7. The van der Waals surface area contributed by atoms with Gasteiger partial charge in [-0.3, -0.25) is 4.79 Å². The standard InChI is InChI=1S/C16H17NO/c1-11(2)16(18)17-12(3)14-10-6-8-13-7-4-5-9-15(13)14/h4-10,12H,1H2,2-3H3,(H,17,18). The summed E-state index contributed by atoms with van der Waals surface area (Å²) in [7, 11) is 0. The molecular formula is C16H17NO. The molecule has 18 heavy (non-hydrogen) atoms. The highest BCUT2D eigenvalue weighted by Gasteiger charge is 2.12. The summed E-state index contributed by atoms with van der Waals surface area (Å²) in [6.45, 7) is 7.35. The van der Waals surface area contributed by atoms with Crippen LogP contribution in [0.3, 0.4) is 0 Å². The molecule has 0 aliphatic carbocycles. The minimum atomic E-state index is -0.101. The number of hydrogen-bond acceptors (Lipinski definition) is 1. The van der Waals surface area contributed by atoms with E-state index in [-0.39, 0.29) is 11.9 Å². The van der Waals surface area contributed by atoms with Gasteiger partial charge in [0.15, 0.2) is 0 Å². The van der Waals surface area contributed by atoms with Gasteiger partial charge >= 0.3 is 0 Å². The van der Waals surface area contributed by atoms with Crippen LogP contribution >= 0.6 is 0 Å². The Labute approximate surface area is 107 Å². The fourth-order valence-electron chi connectivity index (χ4n) is 2.03. The predicted molar refractivity (Wildman–Crippen MR) is 75.3 cm³/mol. The summed E-state index contributed by atoms with van der Waals surface area (Å²) in [6.07, 6.45) is 0. The van der Waals surface area contributed by atoms with Crippen molar-refractivity contribution in [1.29, 1.82) is 0 Å². The van der Waals surface area contributed by atoms with E-state index >= 15 is 0 Å². The van der Waals surface area contributed by atoms with Gasteiger partial charge in [-0.05, 0) is 30.2 Å². The number of carbonyl (C=O) groups is 1. The molecule has 0 spiro atoms. The van der Waals surface area contributed by atoms with Crippen LogP contribution in [0.25, 0.3) is 10.8 Å². The molecule has 0 heterocycles. The minimum Gasteiger partial charge on any atom is -0.346 e. The second-order valence-corrected chi connectivity index (χ2v) is 4.54. The van der Waals surface area contributed by atoms with Crippen LogP contribution < -0.4 is 5.32 Å². The Morgan fingerprint density at radius 2 is 1.83 bits per heavy atom. The molecule has 1 amide bonds. The van der Waals surface area contributed by atoms with Crippen molar-refractivity contribution in [3.63, 3.8) is 0 Å². The molecule has 2 aromatic carbocycles. The van der Waals surface area contributed by atoms with E-state index in [4.69, 9.17) is 0 Å². The number of benzene rings is 2. The van der Waals surface area contributed by atoms with Crippen LogP contribution in [0, 0.1) is 0 Å². The molecule has 0 aromatic heterocycles. The number of fused-ring (bicyclic) bond motifs is 1. The van der Waals surface area contributed by atoms with Crippen LogP contribution in [0.2, 0.25) is 0 Å². The lowest BCUT2D eigenvalue weighted by molar-refractivity contribution is -0.118. The quantitative estimate of drug-likeness (QED) is 0.815. The molecule has 0 aliphatic rings. The monoisotopic (exact) mass is 239 g/mol. The van der Waals surface area contributed by atoms with Crippen molar-refractivity contribution in [2.75, 3.05) is 0 Å². The Bertz CT molecular complexity index is 596. The summed E-state index contributed by atoms with van der Waals surface area (Å²) in [4.78, 5) is 11.7. The Morgan fingerprint density at radius 1 is 1.17 bits per heavy atom. The van der Waals surface area contributed by atoms with E-state index < -0.39 is 0 Å². The number of carbonyl (C=O) groups excluding carboxylic acids is 1. The van der Waals surface area contributed by atoms with E-state index in [9.17, 15) is 4.79 Å². The topological polar surface area (TPSA) is 29.1 Å². The van der Waals surface area contributed by atoms with E-state index in [2.05, 4.69) is 30.1 Å². The average molecular weight is 239 g/mol. The van der Waals surface area contributed by atoms with E-state index in [0.717, 1.165) is 5.56 Å². The van der Waals surface area contributed by atoms with Gasteiger partial charge in [-0.1, -0.05) is 49.0 Å². The Morgan fingerprint density at radius 3 is 2.56 bits per heavy atom. The lowest BCUT2D eigenvalue weighted by Gasteiger charge is -2.16. The number of nitrogens with one attached hydrogen (secondary N) is 1. The number of amides is 1. The largest absolute Gasteiger partial charge is 0.346 e. The molecule has 0 fully saturated rings. The second kappa shape index (κ2) is 5.05. The molecule has 92 valence electrons. The molecule has 1 unspecified atom stereocenters. The van der Waals surface area contributed by atoms with Gasteiger partial charge in [-0.25, -0.2) is 0 Å². The molecule has 0 radical (unpaired) electrons. The van der Waals surface area contributed by atoms with Gasteiger partial charge in [-0.2, -0.15) is 0 Å². The molecule has 0 saturated heterocycles. The second-order valence-electron chi connectivity index (χ2n) is 4.54. The normalized spacial score (nSPS) is 12.1. The van der Waals surface area contributed by atoms with Crippen molar-refractivity contribution in [3.8, 4) is 0 Å². The van der Waals surface area contributed by atoms with E-state index in [1.807, 2.05) is 31.2 Å². The first kappa shape index (κ1) is 12.4. The van der Waals surface area contributed by atoms with E-state index in [0.29, 0.717) is 5.57 Å². The first-order chi connectivity index (χ1) is 8.59. The highest BCUT2D eigenvalue weighted by atomic mass is 16.1. The van der Waals surface area contributed by atoms with Gasteiger partial charge < -0.3 is 5.32 Å². The average Bonchev–Trinajstić information content (AvgIpc) is 2.37. The summed E-state index contributed by atoms with van der Waals surface area (Å²) in [5, 5.41) is 5.31. The van der Waals surface area contributed by atoms with Crippen molar-refractivity contribution in [3.05, 3.63) is 60.2 Å². The van der Waals surface area contributed by atoms with E-state index in [1.165, 1.54) is 10.8 Å². The lowest BCUT2D eigenvalue weighted by atomic mass is 9.99. The van der Waals surface area contributed by atoms with Gasteiger partial charge in [0.25, 0.3) is 0 Å². The smallest absolute Gasteiger partial charge is 0.246 e. The summed E-state index contributed by atoms with van der Waals surface area (Å²) < 4.78 is 0. The SMILES string of the molecule is C=C(C)C(=O)NC(C)c1cccc2ccccc12. The van der Waals surface area contributed by atoms with Gasteiger partial charge in [0, 0.05) is 5.57 Å². The highest BCUT2D eigenvalue weighted by molar-refractivity contribution is 5.93. The lowest BCUT2D eigenvalue weighted by Crippen LogP contribution is -2.27. The summed E-state index contributed by atoms with van der Waals surface area (Å²) in [5.41, 5.74) is 1.66. The van der Waals surface area contributed by atoms with Crippen LogP contribution in [0.15, 0.2) is 54.6 Å². The van der Waals surface area contributed by atoms with Crippen molar-refractivity contribution >= 4 is 16.7 Å². The van der Waals surface area contributed by atoms with Crippen LogP contribution in [0.4, 0.5) is 0 Å². The van der Waals surface area contributed by atoms with Crippen molar-refractivity contribution in [2.45, 2.75) is 19.9 Å². The third-order valence-corrected chi connectivity index (χ3v) is 3.03. The molecule has 2 rings (SSSR count). The Hall–Kier alpha value is -2.09. The van der Waals surface area contributed by atoms with Crippen molar-refractivity contribution in [2.24, 2.45) is 0 Å². The molecule has 2 aromatic rings. The van der Waals surface area contributed by atoms with Gasteiger partial charge in [0.05, 0.1) is 6.04 Å². The first-order valence-corrected chi connectivity index (χ1v) is 6.03. The predicted octanol–water partition coefficient (Wildman–Crippen LogP) is 3.59. The van der Waals surface area contributed by atoms with E-state index in [1.54, 1.807) is 6.92 Å². The van der Waals surface area contributed by atoms with Gasteiger partial charge in [-0.15, -0.1) is 0 Å². The zero-order valence-corrected chi connectivity index (χ0v) is 10.7.